The van der Waals surface area contributed by atoms with E-state index in [1.807, 2.05) is 58.9 Å². The Morgan fingerprint density at radius 2 is 1.88 bits per heavy atom. The van der Waals surface area contributed by atoms with Gasteiger partial charge >= 0.3 is 0 Å². The van der Waals surface area contributed by atoms with Crippen molar-refractivity contribution in [3.63, 3.8) is 0 Å². The molecule has 216 valence electrons. The van der Waals surface area contributed by atoms with Crippen LogP contribution in [0.2, 0.25) is 0 Å². The number of ether oxygens (including phenoxy) is 2. The van der Waals surface area contributed by atoms with E-state index in [0.29, 0.717) is 68.0 Å². The molecule has 2 aromatic carbocycles. The Morgan fingerprint density at radius 3 is 2.64 bits per heavy atom. The molecule has 1 unspecified atom stereocenters. The van der Waals surface area contributed by atoms with Crippen LogP contribution in [0, 0.1) is 12.7 Å². The topological polar surface area (TPSA) is 102 Å². The number of hydrogen-bond donors (Lipinski definition) is 1. The van der Waals surface area contributed by atoms with Crippen LogP contribution in [-0.4, -0.2) is 72.2 Å². The van der Waals surface area contributed by atoms with Crippen molar-refractivity contribution in [3.8, 4) is 16.9 Å². The minimum atomic E-state index is -0.731. The number of fused-ring (bicyclic) bond motifs is 3. The van der Waals surface area contributed by atoms with Crippen LogP contribution in [0.4, 0.5) is 21.7 Å². The molecule has 0 spiro atoms. The molecular formula is C31H31FN6O4. The number of Topliss-reactive ketones (excluding diaryl/α,β-unsaturated/α-hetero) is 1. The fourth-order valence-electron chi connectivity index (χ4n) is 5.62. The number of piperazine rings is 1. The lowest BCUT2D eigenvalue weighted by Crippen LogP contribution is -2.57. The fourth-order valence-corrected chi connectivity index (χ4v) is 5.62. The maximum atomic E-state index is 13.6. The van der Waals surface area contributed by atoms with E-state index in [1.165, 1.54) is 12.4 Å². The maximum Gasteiger partial charge on any atom is 0.298 e. The highest BCUT2D eigenvalue weighted by Crippen LogP contribution is 2.38. The molecule has 0 aliphatic carbocycles. The number of nitrogens with one attached hydrogen (secondary N) is 1. The second kappa shape index (κ2) is 11.6. The zero-order valence-electron chi connectivity index (χ0n) is 23.4. The molecule has 1 N–H and O–H groups in total. The molecule has 42 heavy (non-hydrogen) atoms. The van der Waals surface area contributed by atoms with Crippen molar-refractivity contribution >= 4 is 29.0 Å². The predicted octanol–water partition coefficient (Wildman–Crippen LogP) is 3.95. The van der Waals surface area contributed by atoms with E-state index in [0.717, 1.165) is 16.9 Å². The molecular weight excluding hydrogens is 539 g/mol. The van der Waals surface area contributed by atoms with Gasteiger partial charge in [0.2, 0.25) is 5.95 Å². The molecule has 10 nitrogen and oxygen atoms in total. The third-order valence-electron chi connectivity index (χ3n) is 7.66. The smallest absolute Gasteiger partial charge is 0.298 e. The summed E-state index contributed by atoms with van der Waals surface area (Å²) in [4.78, 5) is 39.4. The summed E-state index contributed by atoms with van der Waals surface area (Å²) in [6, 6.07) is 17.0. The maximum absolute atomic E-state index is 13.6. The molecule has 2 aromatic heterocycles. The first-order chi connectivity index (χ1) is 20.4. The molecule has 6 rings (SSSR count). The normalized spacial score (nSPS) is 15.9. The number of rotatable bonds is 8. The highest BCUT2D eigenvalue weighted by Gasteiger charge is 2.34. The van der Waals surface area contributed by atoms with E-state index in [4.69, 9.17) is 9.47 Å². The number of aryl methyl sites for hydroxylation is 1. The number of ketones is 1. The molecule has 4 aromatic rings. The van der Waals surface area contributed by atoms with Crippen molar-refractivity contribution in [1.82, 2.24) is 14.5 Å². The van der Waals surface area contributed by atoms with Gasteiger partial charge in [0.05, 0.1) is 30.7 Å². The monoisotopic (exact) mass is 570 g/mol. The summed E-state index contributed by atoms with van der Waals surface area (Å²) in [6.07, 6.45) is 2.34. The Hall–Kier alpha value is -4.77. The molecule has 0 radical (unpaired) electrons. The number of anilines is 3. The number of amides is 1. The quantitative estimate of drug-likeness (QED) is 0.251. The molecule has 1 atom stereocenters. The molecule has 1 saturated heterocycles. The summed E-state index contributed by atoms with van der Waals surface area (Å²) in [6.45, 7) is 5.18. The van der Waals surface area contributed by atoms with Gasteiger partial charge in [-0.1, -0.05) is 30.3 Å². The molecule has 1 amide bonds. The number of aromatic nitrogens is 3. The van der Waals surface area contributed by atoms with E-state index in [9.17, 15) is 14.0 Å². The summed E-state index contributed by atoms with van der Waals surface area (Å²) < 4.78 is 26.4. The van der Waals surface area contributed by atoms with Gasteiger partial charge in [0.1, 0.15) is 18.1 Å². The first-order valence-corrected chi connectivity index (χ1v) is 13.8. The molecule has 4 heterocycles. The predicted molar refractivity (Wildman–Crippen MR) is 157 cm³/mol. The third kappa shape index (κ3) is 5.30. The fraction of sp³-hybridized carbons (Fsp3) is 0.290. The number of hydrogen-bond acceptors (Lipinski definition) is 8. The molecule has 0 bridgehead atoms. The van der Waals surface area contributed by atoms with E-state index in [2.05, 4.69) is 20.2 Å². The first-order valence-electron chi connectivity index (χ1n) is 13.8. The standard InChI is InChI=1S/C31H31FN6O4/c1-20-14-25(21-6-4-3-5-7-21)28(37(20)12-13-41-2)29(39)30(40)35-23-8-9-26-27(15-23)42-19-24-18-36(10-11-38(24)26)31-33-16-22(32)17-34-31/h3-9,14-17,24H,10-13,18-19H2,1-2H3,(H,35,40). The lowest BCUT2D eigenvalue weighted by Gasteiger charge is -2.45. The van der Waals surface area contributed by atoms with Crippen LogP contribution in [0.5, 0.6) is 5.75 Å². The van der Waals surface area contributed by atoms with Gasteiger partial charge in [0, 0.05) is 56.3 Å². The van der Waals surface area contributed by atoms with Crippen molar-refractivity contribution < 1.29 is 23.5 Å². The van der Waals surface area contributed by atoms with E-state index < -0.39 is 17.5 Å². The lowest BCUT2D eigenvalue weighted by molar-refractivity contribution is -0.112. The second-order valence-electron chi connectivity index (χ2n) is 10.3. The summed E-state index contributed by atoms with van der Waals surface area (Å²) in [5.41, 5.74) is 4.13. The zero-order valence-corrected chi connectivity index (χ0v) is 23.4. The number of benzene rings is 2. The van der Waals surface area contributed by atoms with Gasteiger partial charge in [0.25, 0.3) is 11.7 Å². The zero-order chi connectivity index (χ0) is 29.2. The van der Waals surface area contributed by atoms with Crippen LogP contribution in [-0.2, 0) is 16.1 Å². The van der Waals surface area contributed by atoms with Gasteiger partial charge < -0.3 is 29.2 Å². The molecule has 2 aliphatic heterocycles. The summed E-state index contributed by atoms with van der Waals surface area (Å²) >= 11 is 0. The summed E-state index contributed by atoms with van der Waals surface area (Å²) in [5.74, 6) is -0.707. The number of methoxy groups -OCH3 is 1. The van der Waals surface area contributed by atoms with Gasteiger partial charge in [0.15, 0.2) is 5.82 Å². The largest absolute Gasteiger partial charge is 0.489 e. The van der Waals surface area contributed by atoms with Crippen LogP contribution in [0.15, 0.2) is 67.0 Å². The average molecular weight is 571 g/mol. The SMILES string of the molecule is COCCn1c(C)cc(-c2ccccc2)c1C(=O)C(=O)Nc1ccc2c(c1)OCC1CN(c3ncc(F)cn3)CCN21. The summed E-state index contributed by atoms with van der Waals surface area (Å²) in [7, 11) is 1.60. The molecule has 0 saturated carbocycles. The van der Waals surface area contributed by atoms with Crippen molar-refractivity contribution in [2.45, 2.75) is 19.5 Å². The second-order valence-corrected chi connectivity index (χ2v) is 10.3. The lowest BCUT2D eigenvalue weighted by atomic mass is 10.0. The van der Waals surface area contributed by atoms with Crippen molar-refractivity contribution in [3.05, 3.63) is 84.2 Å². The van der Waals surface area contributed by atoms with Crippen molar-refractivity contribution in [2.75, 3.05) is 55.1 Å². The molecule has 11 heteroatoms. The number of carbonyl (C=O) groups excluding carboxylic acids is 2. The van der Waals surface area contributed by atoms with Crippen molar-refractivity contribution in [2.24, 2.45) is 0 Å². The number of halogens is 1. The Kier molecular flexibility index (Phi) is 7.58. The Labute approximate surface area is 242 Å². The van der Waals surface area contributed by atoms with Crippen LogP contribution < -0.4 is 19.9 Å². The Balaban J connectivity index is 1.19. The van der Waals surface area contributed by atoms with Crippen LogP contribution in [0.3, 0.4) is 0 Å². The van der Waals surface area contributed by atoms with E-state index in [1.54, 1.807) is 19.2 Å². The minimum Gasteiger partial charge on any atom is -0.489 e. The van der Waals surface area contributed by atoms with Gasteiger partial charge in [-0.05, 0) is 30.7 Å². The van der Waals surface area contributed by atoms with Crippen molar-refractivity contribution in [1.29, 1.82) is 0 Å². The van der Waals surface area contributed by atoms with E-state index in [-0.39, 0.29) is 6.04 Å². The van der Waals surface area contributed by atoms with Crippen LogP contribution in [0.1, 0.15) is 16.2 Å². The van der Waals surface area contributed by atoms with Crippen LogP contribution >= 0.6 is 0 Å². The Bertz CT molecular complexity index is 1610. The third-order valence-corrected chi connectivity index (χ3v) is 7.66. The number of nitrogens with zero attached hydrogens (tertiary/aromatic N) is 5. The molecule has 1 fully saturated rings. The number of carbonyl (C=O) groups is 2. The van der Waals surface area contributed by atoms with Gasteiger partial charge in [-0.3, -0.25) is 9.59 Å². The van der Waals surface area contributed by atoms with Gasteiger partial charge in [-0.25, -0.2) is 14.4 Å². The first kappa shape index (κ1) is 27.4. The summed E-state index contributed by atoms with van der Waals surface area (Å²) in [5, 5.41) is 2.78. The minimum absolute atomic E-state index is 0.0569. The highest BCUT2D eigenvalue weighted by molar-refractivity contribution is 6.47. The van der Waals surface area contributed by atoms with E-state index >= 15 is 0 Å². The molecule has 2 aliphatic rings. The van der Waals surface area contributed by atoms with Gasteiger partial charge in [-0.2, -0.15) is 0 Å². The van der Waals surface area contributed by atoms with Gasteiger partial charge in [-0.15, -0.1) is 0 Å². The average Bonchev–Trinajstić information content (AvgIpc) is 3.35. The van der Waals surface area contributed by atoms with Crippen LogP contribution in [0.25, 0.3) is 11.1 Å². The highest BCUT2D eigenvalue weighted by atomic mass is 19.1. The Morgan fingerprint density at radius 1 is 1.10 bits per heavy atom.